The standard InChI is InChI=1S/C14H15BrN2O2/c1-3-4-10-13(18)16-12(17-14(10)19)9-5-6-11(15)8(2)7-9/h5-7H,3-4H2,1-2H3,(H2,16,17,18,19). The van der Waals surface area contributed by atoms with Crippen LogP contribution in [0, 0.1) is 6.92 Å². The quantitative estimate of drug-likeness (QED) is 0.912. The largest absolute Gasteiger partial charge is 0.493 e. The van der Waals surface area contributed by atoms with Gasteiger partial charge in [-0.2, -0.15) is 4.98 Å². The van der Waals surface area contributed by atoms with Crippen LogP contribution in [-0.4, -0.2) is 15.1 Å². The molecule has 0 amide bonds. The van der Waals surface area contributed by atoms with E-state index in [4.69, 9.17) is 0 Å². The summed E-state index contributed by atoms with van der Waals surface area (Å²) in [5.41, 5.74) is 1.89. The van der Waals surface area contributed by atoms with E-state index >= 15 is 0 Å². The van der Waals surface area contributed by atoms with Gasteiger partial charge in [0.2, 0.25) is 5.88 Å². The molecule has 0 fully saturated rings. The summed E-state index contributed by atoms with van der Waals surface area (Å²) in [6, 6.07) is 5.64. The number of nitrogens with zero attached hydrogens (tertiary/aromatic N) is 1. The molecule has 0 aliphatic rings. The molecule has 0 saturated heterocycles. The first-order valence-corrected chi connectivity index (χ1v) is 6.91. The highest BCUT2D eigenvalue weighted by atomic mass is 79.9. The van der Waals surface area contributed by atoms with E-state index in [-0.39, 0.29) is 11.4 Å². The first-order chi connectivity index (χ1) is 9.02. The Balaban J connectivity index is 2.52. The van der Waals surface area contributed by atoms with Gasteiger partial charge in [0.15, 0.2) is 0 Å². The van der Waals surface area contributed by atoms with Crippen LogP contribution in [0.1, 0.15) is 24.5 Å². The molecular weight excluding hydrogens is 308 g/mol. The van der Waals surface area contributed by atoms with Crippen molar-refractivity contribution in [2.45, 2.75) is 26.7 Å². The van der Waals surface area contributed by atoms with E-state index in [0.29, 0.717) is 17.8 Å². The highest BCUT2D eigenvalue weighted by Gasteiger charge is 2.11. The molecule has 2 rings (SSSR count). The van der Waals surface area contributed by atoms with Gasteiger partial charge in [0.25, 0.3) is 5.56 Å². The Morgan fingerprint density at radius 3 is 2.74 bits per heavy atom. The first-order valence-electron chi connectivity index (χ1n) is 6.11. The lowest BCUT2D eigenvalue weighted by Gasteiger charge is -2.06. The van der Waals surface area contributed by atoms with Crippen molar-refractivity contribution in [3.8, 4) is 17.3 Å². The third-order valence-electron chi connectivity index (χ3n) is 2.93. The zero-order valence-electron chi connectivity index (χ0n) is 10.8. The Morgan fingerprint density at radius 2 is 2.16 bits per heavy atom. The predicted octanol–water partition coefficient (Wildman–Crippen LogP) is 3.17. The van der Waals surface area contributed by atoms with Gasteiger partial charge in [-0.3, -0.25) is 4.79 Å². The zero-order valence-corrected chi connectivity index (χ0v) is 12.4. The minimum absolute atomic E-state index is 0.179. The third kappa shape index (κ3) is 2.87. The van der Waals surface area contributed by atoms with Gasteiger partial charge in [-0.1, -0.05) is 35.3 Å². The number of aryl methyl sites for hydroxylation is 1. The van der Waals surface area contributed by atoms with Crippen LogP contribution in [0.15, 0.2) is 27.5 Å². The van der Waals surface area contributed by atoms with E-state index in [9.17, 15) is 9.90 Å². The molecule has 1 aromatic carbocycles. The zero-order chi connectivity index (χ0) is 14.0. The van der Waals surface area contributed by atoms with E-state index in [1.807, 2.05) is 32.0 Å². The first kappa shape index (κ1) is 13.8. The smallest absolute Gasteiger partial charge is 0.258 e. The molecule has 19 heavy (non-hydrogen) atoms. The van der Waals surface area contributed by atoms with Gasteiger partial charge in [-0.25, -0.2) is 0 Å². The molecule has 0 aliphatic carbocycles. The maximum Gasteiger partial charge on any atom is 0.258 e. The third-order valence-corrected chi connectivity index (χ3v) is 3.81. The second-order valence-electron chi connectivity index (χ2n) is 4.43. The van der Waals surface area contributed by atoms with Crippen LogP contribution in [0.2, 0.25) is 0 Å². The Hall–Kier alpha value is -1.62. The van der Waals surface area contributed by atoms with Gasteiger partial charge in [-0.05, 0) is 31.0 Å². The fourth-order valence-corrected chi connectivity index (χ4v) is 2.14. The number of hydrogen-bond donors (Lipinski definition) is 2. The number of benzene rings is 1. The Morgan fingerprint density at radius 1 is 1.42 bits per heavy atom. The number of aromatic amines is 1. The lowest BCUT2D eigenvalue weighted by Crippen LogP contribution is -2.15. The summed E-state index contributed by atoms with van der Waals surface area (Å²) in [4.78, 5) is 18.7. The summed E-state index contributed by atoms with van der Waals surface area (Å²) < 4.78 is 0.991. The molecule has 1 heterocycles. The number of hydrogen-bond acceptors (Lipinski definition) is 3. The molecule has 2 N–H and O–H groups in total. The molecule has 1 aromatic heterocycles. The van der Waals surface area contributed by atoms with Crippen molar-refractivity contribution in [3.63, 3.8) is 0 Å². The number of rotatable bonds is 3. The van der Waals surface area contributed by atoms with Crippen molar-refractivity contribution >= 4 is 15.9 Å². The van der Waals surface area contributed by atoms with Crippen LogP contribution in [0.5, 0.6) is 5.88 Å². The van der Waals surface area contributed by atoms with E-state index in [0.717, 1.165) is 22.0 Å². The van der Waals surface area contributed by atoms with Gasteiger partial charge in [0, 0.05) is 10.0 Å². The summed E-state index contributed by atoms with van der Waals surface area (Å²) in [5, 5.41) is 9.85. The summed E-state index contributed by atoms with van der Waals surface area (Å²) in [6.07, 6.45) is 1.31. The maximum absolute atomic E-state index is 11.9. The van der Waals surface area contributed by atoms with E-state index in [1.54, 1.807) is 0 Å². The van der Waals surface area contributed by atoms with Crippen LogP contribution in [0.25, 0.3) is 11.4 Å². The van der Waals surface area contributed by atoms with Gasteiger partial charge in [-0.15, -0.1) is 0 Å². The SMILES string of the molecule is CCCc1c(O)nc(-c2ccc(Br)c(C)c2)[nH]c1=O. The van der Waals surface area contributed by atoms with Crippen LogP contribution in [0.3, 0.4) is 0 Å². The van der Waals surface area contributed by atoms with Crippen molar-refractivity contribution < 1.29 is 5.11 Å². The van der Waals surface area contributed by atoms with Gasteiger partial charge in [0.1, 0.15) is 5.82 Å². The van der Waals surface area contributed by atoms with Gasteiger partial charge < -0.3 is 10.1 Å². The van der Waals surface area contributed by atoms with Crippen molar-refractivity contribution in [3.05, 3.63) is 44.2 Å². The molecule has 0 atom stereocenters. The average molecular weight is 323 g/mol. The molecule has 0 radical (unpaired) electrons. The molecule has 0 bridgehead atoms. The summed E-state index contributed by atoms with van der Waals surface area (Å²) in [5.74, 6) is 0.208. The normalized spacial score (nSPS) is 10.7. The lowest BCUT2D eigenvalue weighted by molar-refractivity contribution is 0.443. The molecule has 4 nitrogen and oxygen atoms in total. The fourth-order valence-electron chi connectivity index (χ4n) is 1.89. The highest BCUT2D eigenvalue weighted by Crippen LogP contribution is 2.23. The minimum Gasteiger partial charge on any atom is -0.493 e. The van der Waals surface area contributed by atoms with Crippen molar-refractivity contribution in [2.24, 2.45) is 0 Å². The van der Waals surface area contributed by atoms with E-state index in [2.05, 4.69) is 25.9 Å². The van der Waals surface area contributed by atoms with Crippen LogP contribution in [0.4, 0.5) is 0 Å². The van der Waals surface area contributed by atoms with Crippen LogP contribution < -0.4 is 5.56 Å². The molecule has 100 valence electrons. The van der Waals surface area contributed by atoms with E-state index in [1.165, 1.54) is 0 Å². The summed E-state index contributed by atoms with van der Waals surface area (Å²) in [6.45, 7) is 3.90. The molecule has 0 spiro atoms. The van der Waals surface area contributed by atoms with Gasteiger partial charge >= 0.3 is 0 Å². The number of aromatic nitrogens is 2. The topological polar surface area (TPSA) is 66.0 Å². The van der Waals surface area contributed by atoms with Crippen molar-refractivity contribution in [1.29, 1.82) is 0 Å². The minimum atomic E-state index is -0.273. The monoisotopic (exact) mass is 322 g/mol. The molecule has 0 saturated carbocycles. The lowest BCUT2D eigenvalue weighted by atomic mass is 10.1. The molecule has 5 heteroatoms. The molecular formula is C14H15BrN2O2. The van der Waals surface area contributed by atoms with Crippen molar-refractivity contribution in [2.75, 3.05) is 0 Å². The van der Waals surface area contributed by atoms with Gasteiger partial charge in [0.05, 0.1) is 5.56 Å². The molecule has 0 aliphatic heterocycles. The average Bonchev–Trinajstić information content (AvgIpc) is 2.37. The summed E-state index contributed by atoms with van der Waals surface area (Å²) in [7, 11) is 0. The predicted molar refractivity (Wildman–Crippen MR) is 78.4 cm³/mol. The molecule has 0 unspecified atom stereocenters. The second kappa shape index (κ2) is 5.57. The number of nitrogens with one attached hydrogen (secondary N) is 1. The number of H-pyrrole nitrogens is 1. The number of halogens is 1. The van der Waals surface area contributed by atoms with E-state index < -0.39 is 0 Å². The number of aromatic hydroxyl groups is 1. The Labute approximate surface area is 119 Å². The molecule has 2 aromatic rings. The Bertz CT molecular complexity index is 665. The van der Waals surface area contributed by atoms with Crippen molar-refractivity contribution in [1.82, 2.24) is 9.97 Å². The van der Waals surface area contributed by atoms with Crippen LogP contribution in [-0.2, 0) is 6.42 Å². The van der Waals surface area contributed by atoms with Crippen LogP contribution >= 0.6 is 15.9 Å². The highest BCUT2D eigenvalue weighted by molar-refractivity contribution is 9.10. The summed E-state index contributed by atoms with van der Waals surface area (Å²) >= 11 is 3.42. The maximum atomic E-state index is 11.9. The fraction of sp³-hybridized carbons (Fsp3) is 0.286. The second-order valence-corrected chi connectivity index (χ2v) is 5.28. The Kier molecular flexibility index (Phi) is 4.04.